The Bertz CT molecular complexity index is 790. The highest BCUT2D eigenvalue weighted by molar-refractivity contribution is 5.54. The van der Waals surface area contributed by atoms with Gasteiger partial charge in [0.05, 0.1) is 12.2 Å². The van der Waals surface area contributed by atoms with Crippen LogP contribution >= 0.6 is 0 Å². The van der Waals surface area contributed by atoms with Gasteiger partial charge in [-0.2, -0.15) is 23.3 Å². The first-order valence-corrected chi connectivity index (χ1v) is 6.98. The van der Waals surface area contributed by atoms with Crippen LogP contribution in [0.15, 0.2) is 41.1 Å². The fraction of sp³-hybridized carbons (Fsp3) is 0.267. The van der Waals surface area contributed by atoms with Crippen molar-refractivity contribution in [1.29, 1.82) is 0 Å². The number of aryl methyl sites for hydroxylation is 1. The Balaban J connectivity index is 1.75. The van der Waals surface area contributed by atoms with E-state index < -0.39 is 12.1 Å². The predicted octanol–water partition coefficient (Wildman–Crippen LogP) is 3.56. The van der Waals surface area contributed by atoms with E-state index in [4.69, 9.17) is 0 Å². The zero-order valence-corrected chi connectivity index (χ0v) is 12.2. The Morgan fingerprint density at radius 3 is 2.43 bits per heavy atom. The largest absolute Gasteiger partial charge is 0.471 e. The maximum Gasteiger partial charge on any atom is 0.471 e. The Morgan fingerprint density at radius 2 is 1.87 bits per heavy atom. The molecule has 5 nitrogen and oxygen atoms in total. The molecule has 8 heteroatoms. The molecule has 0 fully saturated rings. The van der Waals surface area contributed by atoms with Crippen LogP contribution in [0, 0.1) is 0 Å². The summed E-state index contributed by atoms with van der Waals surface area (Å²) in [6.07, 6.45) is -1.88. The number of hydrogen-bond acceptors (Lipinski definition) is 4. The molecule has 2 heterocycles. The molecule has 0 amide bonds. The molecule has 3 aromatic rings. The number of halogens is 3. The molecular weight excluding hydrogens is 309 g/mol. The van der Waals surface area contributed by atoms with Gasteiger partial charge in [-0.15, -0.1) is 0 Å². The molecule has 2 aromatic heterocycles. The second kappa shape index (κ2) is 5.86. The van der Waals surface area contributed by atoms with Gasteiger partial charge >= 0.3 is 12.1 Å². The summed E-state index contributed by atoms with van der Waals surface area (Å²) in [7, 11) is 0. The molecule has 0 saturated carbocycles. The minimum Gasteiger partial charge on any atom is -0.329 e. The van der Waals surface area contributed by atoms with E-state index in [1.165, 1.54) is 0 Å². The predicted molar refractivity (Wildman–Crippen MR) is 75.4 cm³/mol. The van der Waals surface area contributed by atoms with Crippen molar-refractivity contribution >= 4 is 0 Å². The molecule has 1 aromatic carbocycles. The van der Waals surface area contributed by atoms with E-state index in [1.54, 1.807) is 24.3 Å². The third-order valence-corrected chi connectivity index (χ3v) is 3.28. The molecule has 0 unspecified atom stereocenters. The molecule has 3 rings (SSSR count). The van der Waals surface area contributed by atoms with Crippen molar-refractivity contribution in [3.63, 3.8) is 0 Å². The lowest BCUT2D eigenvalue weighted by Crippen LogP contribution is -2.04. The normalized spacial score (nSPS) is 11.8. The minimum absolute atomic E-state index is 0.0868. The van der Waals surface area contributed by atoms with Crippen molar-refractivity contribution in [3.05, 3.63) is 53.7 Å². The van der Waals surface area contributed by atoms with E-state index in [9.17, 15) is 13.2 Å². The van der Waals surface area contributed by atoms with Gasteiger partial charge in [0.1, 0.15) is 0 Å². The second-order valence-corrected chi connectivity index (χ2v) is 4.98. The molecule has 0 aliphatic rings. The summed E-state index contributed by atoms with van der Waals surface area (Å²) in [6, 6.07) is 8.86. The zero-order chi connectivity index (χ0) is 16.4. The van der Waals surface area contributed by atoms with Crippen LogP contribution in [0.1, 0.15) is 24.1 Å². The second-order valence-electron chi connectivity index (χ2n) is 4.98. The van der Waals surface area contributed by atoms with Crippen LogP contribution in [-0.4, -0.2) is 19.9 Å². The number of rotatable bonds is 4. The average molecular weight is 322 g/mol. The van der Waals surface area contributed by atoms with Crippen molar-refractivity contribution in [3.8, 4) is 11.4 Å². The molecule has 23 heavy (non-hydrogen) atoms. The Morgan fingerprint density at radius 1 is 1.13 bits per heavy atom. The van der Waals surface area contributed by atoms with E-state index >= 15 is 0 Å². The van der Waals surface area contributed by atoms with Crippen molar-refractivity contribution in [2.45, 2.75) is 26.1 Å². The smallest absolute Gasteiger partial charge is 0.329 e. The van der Waals surface area contributed by atoms with Gasteiger partial charge in [-0.25, -0.2) is 0 Å². The molecule has 0 saturated heterocycles. The number of aromatic nitrogens is 4. The van der Waals surface area contributed by atoms with Gasteiger partial charge in [-0.3, -0.25) is 4.68 Å². The Kier molecular flexibility index (Phi) is 3.89. The van der Waals surface area contributed by atoms with Crippen molar-refractivity contribution < 1.29 is 17.7 Å². The molecule has 120 valence electrons. The summed E-state index contributed by atoms with van der Waals surface area (Å²) in [5.74, 6) is -1.43. The van der Waals surface area contributed by atoms with E-state index in [1.807, 2.05) is 23.9 Å². The van der Waals surface area contributed by atoms with Crippen LogP contribution in [0.4, 0.5) is 13.2 Å². The van der Waals surface area contributed by atoms with Gasteiger partial charge in [0.15, 0.2) is 0 Å². The summed E-state index contributed by atoms with van der Waals surface area (Å²) < 4.78 is 43.4. The first kappa shape index (κ1) is 15.3. The van der Waals surface area contributed by atoms with Crippen LogP contribution in [0.25, 0.3) is 11.4 Å². The summed E-state index contributed by atoms with van der Waals surface area (Å²) in [4.78, 5) is 3.36. The van der Waals surface area contributed by atoms with E-state index in [-0.39, 0.29) is 5.82 Å². The molecular formula is C15H13F3N4O. The maximum atomic E-state index is 12.4. The molecule has 0 bridgehead atoms. The summed E-state index contributed by atoms with van der Waals surface area (Å²) >= 11 is 0. The highest BCUT2D eigenvalue weighted by atomic mass is 19.4. The quantitative estimate of drug-likeness (QED) is 0.737. The monoisotopic (exact) mass is 322 g/mol. The van der Waals surface area contributed by atoms with Gasteiger partial charge < -0.3 is 4.52 Å². The number of hydrogen-bond donors (Lipinski definition) is 0. The molecule has 0 spiro atoms. The third kappa shape index (κ3) is 3.41. The van der Waals surface area contributed by atoms with Crippen LogP contribution in [0.5, 0.6) is 0 Å². The maximum absolute atomic E-state index is 12.4. The topological polar surface area (TPSA) is 56.7 Å². The van der Waals surface area contributed by atoms with E-state index in [0.717, 1.165) is 17.7 Å². The lowest BCUT2D eigenvalue weighted by Gasteiger charge is -2.03. The zero-order valence-electron chi connectivity index (χ0n) is 12.2. The SMILES string of the molecule is CCc1ccn(Cc2ccc(-c3noc(C(F)(F)F)n3)cc2)n1. The number of alkyl halides is 3. The van der Waals surface area contributed by atoms with Gasteiger partial charge in [0, 0.05) is 11.8 Å². The lowest BCUT2D eigenvalue weighted by atomic mass is 10.1. The summed E-state index contributed by atoms with van der Waals surface area (Å²) in [6.45, 7) is 2.61. The fourth-order valence-electron chi connectivity index (χ4n) is 2.08. The molecule has 0 N–H and O–H groups in total. The van der Waals surface area contributed by atoms with E-state index in [0.29, 0.717) is 12.1 Å². The van der Waals surface area contributed by atoms with Gasteiger partial charge in [-0.05, 0) is 18.1 Å². The van der Waals surface area contributed by atoms with E-state index in [2.05, 4.69) is 19.8 Å². The van der Waals surface area contributed by atoms with Crippen molar-refractivity contribution in [2.75, 3.05) is 0 Å². The Labute approximate surface area is 129 Å². The van der Waals surface area contributed by atoms with Gasteiger partial charge in [-0.1, -0.05) is 36.3 Å². The van der Waals surface area contributed by atoms with Crippen LogP contribution in [-0.2, 0) is 19.1 Å². The van der Waals surface area contributed by atoms with Gasteiger partial charge in [0.25, 0.3) is 0 Å². The van der Waals surface area contributed by atoms with Crippen LogP contribution in [0.3, 0.4) is 0 Å². The Hall–Kier alpha value is -2.64. The third-order valence-electron chi connectivity index (χ3n) is 3.28. The molecule has 0 aliphatic heterocycles. The highest BCUT2D eigenvalue weighted by Gasteiger charge is 2.38. The average Bonchev–Trinajstić information content (AvgIpc) is 3.16. The highest BCUT2D eigenvalue weighted by Crippen LogP contribution is 2.29. The summed E-state index contributed by atoms with van der Waals surface area (Å²) in [5.41, 5.74) is 2.44. The first-order valence-electron chi connectivity index (χ1n) is 6.98. The minimum atomic E-state index is -4.64. The van der Waals surface area contributed by atoms with Crippen molar-refractivity contribution in [2.24, 2.45) is 0 Å². The molecule has 0 atom stereocenters. The fourth-order valence-corrected chi connectivity index (χ4v) is 2.08. The van der Waals surface area contributed by atoms with Crippen molar-refractivity contribution in [1.82, 2.24) is 19.9 Å². The number of nitrogens with zero attached hydrogens (tertiary/aromatic N) is 4. The van der Waals surface area contributed by atoms with Crippen LogP contribution < -0.4 is 0 Å². The summed E-state index contributed by atoms with van der Waals surface area (Å²) in [5, 5.41) is 7.74. The lowest BCUT2D eigenvalue weighted by molar-refractivity contribution is -0.159. The molecule has 0 radical (unpaired) electrons. The first-order chi connectivity index (χ1) is 11.0. The van der Waals surface area contributed by atoms with Gasteiger partial charge in [0.2, 0.25) is 5.82 Å². The molecule has 0 aliphatic carbocycles. The van der Waals surface area contributed by atoms with Crippen LogP contribution in [0.2, 0.25) is 0 Å². The standard InChI is InChI=1S/C15H13F3N4O/c1-2-12-7-8-22(20-12)9-10-3-5-11(6-4-10)13-19-14(23-21-13)15(16,17)18/h3-8H,2,9H2,1H3. The number of benzene rings is 1.